The van der Waals surface area contributed by atoms with Gasteiger partial charge in [-0.3, -0.25) is 9.59 Å². The maximum Gasteiger partial charge on any atom is 0.306 e. The zero-order valence-corrected chi connectivity index (χ0v) is 25.2. The third-order valence-electron chi connectivity index (χ3n) is 5.95. The number of methoxy groups -OCH3 is 3. The minimum Gasteiger partial charge on any atom is -0.504 e. The van der Waals surface area contributed by atoms with Crippen LogP contribution in [0.15, 0.2) is 30.3 Å². The maximum atomic E-state index is 12.3. The number of carbonyl (C=O) groups excluding carboxylic acids is 2. The Labute approximate surface area is 246 Å². The lowest BCUT2D eigenvalue weighted by atomic mass is 10.0. The van der Waals surface area contributed by atoms with Gasteiger partial charge in [0, 0.05) is 12.8 Å². The van der Waals surface area contributed by atoms with Crippen molar-refractivity contribution in [3.05, 3.63) is 41.5 Å². The molecule has 0 fully saturated rings. The van der Waals surface area contributed by atoms with Gasteiger partial charge in [0.25, 0.3) is 0 Å². The van der Waals surface area contributed by atoms with E-state index in [0.717, 1.165) is 0 Å². The van der Waals surface area contributed by atoms with E-state index in [4.69, 9.17) is 28.4 Å². The van der Waals surface area contributed by atoms with E-state index in [-0.39, 0.29) is 77.5 Å². The van der Waals surface area contributed by atoms with E-state index < -0.39 is 18.2 Å². The van der Waals surface area contributed by atoms with Gasteiger partial charge in [-0.1, -0.05) is 33.8 Å². The Kier molecular flexibility index (Phi) is 13.3. The van der Waals surface area contributed by atoms with Crippen molar-refractivity contribution in [3.8, 4) is 34.5 Å². The Bertz CT molecular complexity index is 1190. The second-order valence-corrected chi connectivity index (χ2v) is 10.4. The summed E-state index contributed by atoms with van der Waals surface area (Å²) in [5.41, 5.74) is 0.765. The predicted octanol–water partition coefficient (Wildman–Crippen LogP) is 4.80. The highest BCUT2D eigenvalue weighted by Crippen LogP contribution is 2.42. The summed E-state index contributed by atoms with van der Waals surface area (Å²) in [5, 5.41) is 32.5. The van der Waals surface area contributed by atoms with Crippen LogP contribution >= 0.6 is 0 Å². The van der Waals surface area contributed by atoms with Crippen molar-refractivity contribution in [1.29, 1.82) is 0 Å². The fraction of sp³-hybridized carbons (Fsp3) is 0.484. The lowest BCUT2D eigenvalue weighted by molar-refractivity contribution is -0.149. The van der Waals surface area contributed by atoms with Crippen molar-refractivity contribution in [2.45, 2.75) is 52.7 Å². The summed E-state index contributed by atoms with van der Waals surface area (Å²) >= 11 is 0. The molecule has 232 valence electrons. The number of hydrogen-bond donors (Lipinski definition) is 3. The Balaban J connectivity index is 2.36. The number of phenolic OH excluding ortho intramolecular Hbond substituents is 2. The topological polar surface area (TPSA) is 150 Å². The summed E-state index contributed by atoms with van der Waals surface area (Å²) in [7, 11) is 4.08. The Morgan fingerprint density at radius 3 is 1.88 bits per heavy atom. The molecular weight excluding hydrogens is 548 g/mol. The second-order valence-electron chi connectivity index (χ2n) is 10.4. The molecule has 0 aliphatic rings. The average Bonchev–Trinajstić information content (AvgIpc) is 2.93. The number of carbonyl (C=O) groups is 2. The van der Waals surface area contributed by atoms with Gasteiger partial charge < -0.3 is 43.7 Å². The number of benzene rings is 2. The van der Waals surface area contributed by atoms with Gasteiger partial charge >= 0.3 is 11.9 Å². The summed E-state index contributed by atoms with van der Waals surface area (Å²) in [6, 6.07) is 5.79. The Morgan fingerprint density at radius 1 is 0.810 bits per heavy atom. The van der Waals surface area contributed by atoms with Crippen molar-refractivity contribution in [2.75, 3.05) is 34.5 Å². The molecule has 0 aliphatic carbocycles. The molecule has 0 saturated heterocycles. The predicted molar refractivity (Wildman–Crippen MR) is 155 cm³/mol. The first-order valence-electron chi connectivity index (χ1n) is 13.6. The van der Waals surface area contributed by atoms with Gasteiger partial charge in [0.15, 0.2) is 29.1 Å². The largest absolute Gasteiger partial charge is 0.504 e. The molecule has 0 amide bonds. The molecule has 0 unspecified atom stereocenters. The quantitative estimate of drug-likeness (QED) is 0.231. The molecule has 0 spiro atoms. The summed E-state index contributed by atoms with van der Waals surface area (Å²) < 4.78 is 32.4. The minimum absolute atomic E-state index is 0.0467. The van der Waals surface area contributed by atoms with Crippen LogP contribution in [0.5, 0.6) is 34.5 Å². The van der Waals surface area contributed by atoms with E-state index >= 15 is 0 Å². The lowest BCUT2D eigenvalue weighted by Crippen LogP contribution is -2.32. The van der Waals surface area contributed by atoms with Gasteiger partial charge in [0.05, 0.1) is 21.3 Å². The molecule has 2 rings (SSSR count). The van der Waals surface area contributed by atoms with E-state index in [2.05, 4.69) is 0 Å². The molecule has 11 heteroatoms. The SMILES string of the molecule is COc1cc([C@@H](O)[C@@H](COC(=O)CC(C)C)Oc2c(O)cc(/C=C/COC(=O)CC(C)C)cc2OC)cc(OC)c1O. The molecule has 42 heavy (non-hydrogen) atoms. The van der Waals surface area contributed by atoms with Crippen molar-refractivity contribution in [2.24, 2.45) is 11.8 Å². The van der Waals surface area contributed by atoms with E-state index in [1.54, 1.807) is 18.2 Å². The minimum atomic E-state index is -1.43. The fourth-order valence-electron chi connectivity index (χ4n) is 3.90. The van der Waals surface area contributed by atoms with E-state index in [0.29, 0.717) is 12.0 Å². The summed E-state index contributed by atoms with van der Waals surface area (Å²) in [6.45, 7) is 7.27. The summed E-state index contributed by atoms with van der Waals surface area (Å²) in [6.07, 6.45) is 1.10. The number of rotatable bonds is 16. The van der Waals surface area contributed by atoms with Gasteiger partial charge in [-0.05, 0) is 53.3 Å². The highest BCUT2D eigenvalue weighted by atomic mass is 16.6. The van der Waals surface area contributed by atoms with Gasteiger partial charge in [-0.2, -0.15) is 0 Å². The van der Waals surface area contributed by atoms with E-state index in [9.17, 15) is 24.9 Å². The molecule has 0 saturated carbocycles. The van der Waals surface area contributed by atoms with E-state index in [1.165, 1.54) is 39.5 Å². The Hall–Kier alpha value is -4.12. The molecule has 0 bridgehead atoms. The van der Waals surface area contributed by atoms with Crippen LogP contribution in [-0.2, 0) is 19.1 Å². The third kappa shape index (κ3) is 10.1. The van der Waals surface area contributed by atoms with Crippen molar-refractivity contribution in [3.63, 3.8) is 0 Å². The van der Waals surface area contributed by atoms with Crippen LogP contribution in [0, 0.1) is 11.8 Å². The molecule has 0 heterocycles. The molecular formula is C31H42O11. The van der Waals surface area contributed by atoms with Crippen molar-refractivity contribution >= 4 is 18.0 Å². The number of hydrogen-bond acceptors (Lipinski definition) is 11. The zero-order valence-electron chi connectivity index (χ0n) is 25.2. The first-order chi connectivity index (χ1) is 19.9. The van der Waals surface area contributed by atoms with Crippen LogP contribution in [0.3, 0.4) is 0 Å². The van der Waals surface area contributed by atoms with E-state index in [1.807, 2.05) is 27.7 Å². The molecule has 0 aromatic heterocycles. The first-order valence-corrected chi connectivity index (χ1v) is 13.6. The van der Waals surface area contributed by atoms with Gasteiger partial charge in [-0.25, -0.2) is 0 Å². The molecule has 3 N–H and O–H groups in total. The lowest BCUT2D eigenvalue weighted by Gasteiger charge is -2.26. The van der Waals surface area contributed by atoms with Crippen LogP contribution < -0.4 is 18.9 Å². The number of aromatic hydroxyl groups is 2. The highest BCUT2D eigenvalue weighted by Gasteiger charge is 2.29. The number of esters is 2. The number of ether oxygens (including phenoxy) is 6. The van der Waals surface area contributed by atoms with Crippen molar-refractivity contribution < 1.29 is 53.3 Å². The van der Waals surface area contributed by atoms with Gasteiger partial charge in [-0.15, -0.1) is 0 Å². The van der Waals surface area contributed by atoms with Crippen LogP contribution in [-0.4, -0.2) is 67.9 Å². The monoisotopic (exact) mass is 590 g/mol. The molecule has 2 aromatic rings. The van der Waals surface area contributed by atoms with Gasteiger partial charge in [0.1, 0.15) is 19.3 Å². The fourth-order valence-corrected chi connectivity index (χ4v) is 3.90. The van der Waals surface area contributed by atoms with Crippen LogP contribution in [0.2, 0.25) is 0 Å². The average molecular weight is 591 g/mol. The number of aliphatic hydroxyl groups excluding tert-OH is 1. The first kappa shape index (κ1) is 34.1. The summed E-state index contributed by atoms with van der Waals surface area (Å²) in [4.78, 5) is 24.1. The molecule has 2 atom stereocenters. The molecule has 0 radical (unpaired) electrons. The van der Waals surface area contributed by atoms with Crippen LogP contribution in [0.1, 0.15) is 57.8 Å². The van der Waals surface area contributed by atoms with Crippen LogP contribution in [0.4, 0.5) is 0 Å². The molecule has 2 aromatic carbocycles. The smallest absolute Gasteiger partial charge is 0.306 e. The second kappa shape index (κ2) is 16.4. The van der Waals surface area contributed by atoms with Crippen LogP contribution in [0.25, 0.3) is 6.08 Å². The number of aliphatic hydroxyl groups is 1. The summed E-state index contributed by atoms with van der Waals surface area (Å²) in [5.74, 6) is -0.982. The highest BCUT2D eigenvalue weighted by molar-refractivity contribution is 5.70. The molecule has 0 aliphatic heterocycles. The Morgan fingerprint density at radius 2 is 1.36 bits per heavy atom. The standard InChI is InChI=1S/C31H42O11/c1-18(2)11-27(33)40-10-8-9-20-13-22(32)31(25(14-20)39-7)42-26(17-41-28(34)12-19(3)4)29(35)21-15-23(37-5)30(36)24(16-21)38-6/h8-9,13-16,18-19,26,29,32,35-36H,10-12,17H2,1-7H3/b9-8+/t26-,29-/m1/s1. The van der Waals surface area contributed by atoms with Crippen molar-refractivity contribution in [1.82, 2.24) is 0 Å². The molecule has 11 nitrogen and oxygen atoms in total. The maximum absolute atomic E-state index is 12.3. The normalized spacial score (nSPS) is 12.7. The van der Waals surface area contributed by atoms with Gasteiger partial charge in [0.2, 0.25) is 11.5 Å². The number of phenols is 2. The third-order valence-corrected chi connectivity index (χ3v) is 5.95. The zero-order chi connectivity index (χ0) is 31.4.